The number of hydrogen-bond donors (Lipinski definition) is 1. The number of carbonyl (C=O) groups is 1. The largest absolute Gasteiger partial charge is 0.378 e. The predicted molar refractivity (Wildman–Crippen MR) is 73.6 cm³/mol. The number of hydrogen-bond acceptors (Lipinski definition) is 3. The van der Waals surface area contributed by atoms with Gasteiger partial charge in [-0.1, -0.05) is 27.7 Å². The van der Waals surface area contributed by atoms with Gasteiger partial charge in [0, 0.05) is 18.6 Å². The smallest absolute Gasteiger partial charge is 0.225 e. The second-order valence-electron chi connectivity index (χ2n) is 6.17. The molecule has 0 atom stereocenters. The van der Waals surface area contributed by atoms with Crippen molar-refractivity contribution in [3.8, 4) is 0 Å². The van der Waals surface area contributed by atoms with Crippen LogP contribution in [0.4, 0.5) is 0 Å². The quantitative estimate of drug-likeness (QED) is 0.681. The summed E-state index contributed by atoms with van der Waals surface area (Å²) in [6, 6.07) is 0. The van der Waals surface area contributed by atoms with Crippen LogP contribution in [0.2, 0.25) is 0 Å². The van der Waals surface area contributed by atoms with Crippen LogP contribution in [0.15, 0.2) is 0 Å². The number of rotatable bonds is 8. The van der Waals surface area contributed by atoms with E-state index in [1.807, 2.05) is 34.6 Å². The second kappa shape index (κ2) is 7.74. The molecular weight excluding hydrogens is 230 g/mol. The zero-order chi connectivity index (χ0) is 14.2. The molecule has 0 aliphatic heterocycles. The Balaban J connectivity index is 3.73. The fourth-order valence-corrected chi connectivity index (χ4v) is 1.26. The highest BCUT2D eigenvalue weighted by atomic mass is 16.5. The van der Waals surface area contributed by atoms with Gasteiger partial charge in [-0.05, 0) is 20.3 Å². The monoisotopic (exact) mass is 259 g/mol. The molecule has 0 saturated heterocycles. The predicted octanol–water partition coefficient (Wildman–Crippen LogP) is 2.37. The van der Waals surface area contributed by atoms with E-state index < -0.39 is 0 Å². The standard InChI is InChI=1S/C14H29NO3/c1-7-9-17-11-14(5,6)18-10-8-15-12(16)13(2,3)4/h7-11H2,1-6H3,(H,15,16). The molecule has 0 heterocycles. The summed E-state index contributed by atoms with van der Waals surface area (Å²) in [4.78, 5) is 11.6. The van der Waals surface area contributed by atoms with Gasteiger partial charge < -0.3 is 14.8 Å². The molecule has 1 amide bonds. The maximum atomic E-state index is 11.6. The van der Waals surface area contributed by atoms with Gasteiger partial charge in [0.15, 0.2) is 0 Å². The van der Waals surface area contributed by atoms with Crippen LogP contribution in [-0.4, -0.2) is 37.9 Å². The van der Waals surface area contributed by atoms with Crippen LogP contribution in [0.1, 0.15) is 48.0 Å². The number of ether oxygens (including phenoxy) is 2. The minimum absolute atomic E-state index is 0.0474. The summed E-state index contributed by atoms with van der Waals surface area (Å²) < 4.78 is 11.2. The molecule has 108 valence electrons. The minimum Gasteiger partial charge on any atom is -0.378 e. The number of nitrogens with one attached hydrogen (secondary N) is 1. The van der Waals surface area contributed by atoms with Gasteiger partial charge in [0.1, 0.15) is 0 Å². The van der Waals surface area contributed by atoms with Crippen LogP contribution in [-0.2, 0) is 14.3 Å². The number of carbonyl (C=O) groups excluding carboxylic acids is 1. The average Bonchev–Trinajstić information content (AvgIpc) is 2.23. The van der Waals surface area contributed by atoms with E-state index in [-0.39, 0.29) is 16.9 Å². The minimum atomic E-state index is -0.347. The van der Waals surface area contributed by atoms with E-state index in [0.717, 1.165) is 13.0 Å². The van der Waals surface area contributed by atoms with Crippen LogP contribution in [0.25, 0.3) is 0 Å². The molecule has 0 aromatic rings. The molecule has 0 aliphatic carbocycles. The Morgan fingerprint density at radius 2 is 1.72 bits per heavy atom. The molecule has 4 heteroatoms. The molecule has 0 spiro atoms. The van der Waals surface area contributed by atoms with E-state index in [2.05, 4.69) is 12.2 Å². The van der Waals surface area contributed by atoms with Crippen LogP contribution < -0.4 is 5.32 Å². The van der Waals surface area contributed by atoms with E-state index in [1.165, 1.54) is 0 Å². The van der Waals surface area contributed by atoms with Crippen molar-refractivity contribution in [2.75, 3.05) is 26.4 Å². The lowest BCUT2D eigenvalue weighted by Crippen LogP contribution is -2.39. The summed E-state index contributed by atoms with van der Waals surface area (Å²) in [6.45, 7) is 14.1. The van der Waals surface area contributed by atoms with Crippen LogP contribution in [0.5, 0.6) is 0 Å². The summed E-state index contributed by atoms with van der Waals surface area (Å²) in [5.41, 5.74) is -0.651. The van der Waals surface area contributed by atoms with Crippen LogP contribution >= 0.6 is 0 Å². The zero-order valence-electron chi connectivity index (χ0n) is 12.8. The Morgan fingerprint density at radius 1 is 1.11 bits per heavy atom. The van der Waals surface area contributed by atoms with Gasteiger partial charge in [0.25, 0.3) is 0 Å². The fraction of sp³-hybridized carbons (Fsp3) is 0.929. The van der Waals surface area contributed by atoms with E-state index in [4.69, 9.17) is 9.47 Å². The fourth-order valence-electron chi connectivity index (χ4n) is 1.26. The van der Waals surface area contributed by atoms with Gasteiger partial charge >= 0.3 is 0 Å². The van der Waals surface area contributed by atoms with Crippen LogP contribution in [0.3, 0.4) is 0 Å². The van der Waals surface area contributed by atoms with Crippen molar-refractivity contribution in [3.05, 3.63) is 0 Å². The maximum Gasteiger partial charge on any atom is 0.225 e. The first-order chi connectivity index (χ1) is 8.19. The molecule has 0 aromatic carbocycles. The first kappa shape index (κ1) is 17.4. The third-order valence-corrected chi connectivity index (χ3v) is 2.36. The molecule has 18 heavy (non-hydrogen) atoms. The van der Waals surface area contributed by atoms with Crippen molar-refractivity contribution in [2.45, 2.75) is 53.6 Å². The summed E-state index contributed by atoms with van der Waals surface area (Å²) >= 11 is 0. The van der Waals surface area contributed by atoms with E-state index >= 15 is 0 Å². The molecule has 0 radical (unpaired) electrons. The Morgan fingerprint density at radius 3 is 2.22 bits per heavy atom. The van der Waals surface area contributed by atoms with Crippen LogP contribution in [0, 0.1) is 5.41 Å². The Hall–Kier alpha value is -0.610. The molecular formula is C14H29NO3. The van der Waals surface area contributed by atoms with E-state index in [1.54, 1.807) is 0 Å². The van der Waals surface area contributed by atoms with E-state index in [0.29, 0.717) is 19.8 Å². The Kier molecular flexibility index (Phi) is 7.48. The Bertz CT molecular complexity index is 244. The molecule has 0 aromatic heterocycles. The van der Waals surface area contributed by atoms with Gasteiger partial charge in [0.2, 0.25) is 5.91 Å². The third-order valence-electron chi connectivity index (χ3n) is 2.36. The average molecular weight is 259 g/mol. The second-order valence-corrected chi connectivity index (χ2v) is 6.17. The zero-order valence-corrected chi connectivity index (χ0v) is 12.8. The van der Waals surface area contributed by atoms with Gasteiger partial charge in [-0.2, -0.15) is 0 Å². The highest BCUT2D eigenvalue weighted by Gasteiger charge is 2.21. The lowest BCUT2D eigenvalue weighted by atomic mass is 9.96. The van der Waals surface area contributed by atoms with Gasteiger partial charge in [-0.15, -0.1) is 0 Å². The van der Waals surface area contributed by atoms with Gasteiger partial charge in [-0.3, -0.25) is 4.79 Å². The normalized spacial score (nSPS) is 12.6. The summed E-state index contributed by atoms with van der Waals surface area (Å²) in [7, 11) is 0. The highest BCUT2D eigenvalue weighted by molar-refractivity contribution is 5.81. The van der Waals surface area contributed by atoms with Crippen molar-refractivity contribution >= 4 is 5.91 Å². The van der Waals surface area contributed by atoms with Crippen molar-refractivity contribution in [1.29, 1.82) is 0 Å². The SMILES string of the molecule is CCCOCC(C)(C)OCCNC(=O)C(C)(C)C. The molecule has 0 fully saturated rings. The summed E-state index contributed by atoms with van der Waals surface area (Å²) in [6.07, 6.45) is 1.01. The summed E-state index contributed by atoms with van der Waals surface area (Å²) in [5.74, 6) is 0.0474. The maximum absolute atomic E-state index is 11.6. The first-order valence-corrected chi connectivity index (χ1v) is 6.69. The molecule has 1 N–H and O–H groups in total. The molecule has 0 rings (SSSR count). The van der Waals surface area contributed by atoms with Crippen molar-refractivity contribution in [2.24, 2.45) is 5.41 Å². The summed E-state index contributed by atoms with van der Waals surface area (Å²) in [5, 5.41) is 2.86. The third kappa shape index (κ3) is 8.48. The topological polar surface area (TPSA) is 47.6 Å². The Labute approximate surface area is 111 Å². The lowest BCUT2D eigenvalue weighted by Gasteiger charge is -2.25. The molecule has 0 unspecified atom stereocenters. The van der Waals surface area contributed by atoms with Crippen molar-refractivity contribution < 1.29 is 14.3 Å². The molecule has 0 saturated carbocycles. The van der Waals surface area contributed by atoms with E-state index in [9.17, 15) is 4.79 Å². The van der Waals surface area contributed by atoms with Gasteiger partial charge in [0.05, 0.1) is 18.8 Å². The molecule has 4 nitrogen and oxygen atoms in total. The molecule has 0 aliphatic rings. The lowest BCUT2D eigenvalue weighted by molar-refractivity contribution is -0.129. The first-order valence-electron chi connectivity index (χ1n) is 6.69. The molecule has 0 bridgehead atoms. The van der Waals surface area contributed by atoms with Crippen molar-refractivity contribution in [1.82, 2.24) is 5.32 Å². The van der Waals surface area contributed by atoms with Gasteiger partial charge in [-0.25, -0.2) is 0 Å². The highest BCUT2D eigenvalue weighted by Crippen LogP contribution is 2.12. The van der Waals surface area contributed by atoms with Crippen molar-refractivity contribution in [3.63, 3.8) is 0 Å². The number of amides is 1.